The molecule has 3 aliphatic rings. The van der Waals surface area contributed by atoms with Crippen LogP contribution in [0.25, 0.3) is 0 Å². The minimum atomic E-state index is -0.675. The van der Waals surface area contributed by atoms with E-state index in [1.165, 1.54) is 0 Å². The van der Waals surface area contributed by atoms with Crippen LogP contribution in [0, 0.1) is 11.8 Å². The Balaban J connectivity index is 1.62. The van der Waals surface area contributed by atoms with Crippen LogP contribution < -0.4 is 10.9 Å². The monoisotopic (exact) mass is 307 g/mol. The third-order valence-electron chi connectivity index (χ3n) is 4.61. The van der Waals surface area contributed by atoms with Gasteiger partial charge in [-0.05, 0) is 25.5 Å². The average Bonchev–Trinajstić information content (AvgIpc) is 3.08. The van der Waals surface area contributed by atoms with Crippen LogP contribution in [-0.4, -0.2) is 52.5 Å². The maximum Gasteiger partial charge on any atom is 0.178 e. The van der Waals surface area contributed by atoms with Gasteiger partial charge in [0.25, 0.3) is 0 Å². The lowest BCUT2D eigenvalue weighted by molar-refractivity contribution is -0.0964. The predicted molar refractivity (Wildman–Crippen MR) is 85.0 cm³/mol. The van der Waals surface area contributed by atoms with E-state index in [1.54, 1.807) is 4.90 Å². The van der Waals surface area contributed by atoms with E-state index < -0.39 is 18.7 Å². The predicted octanol–water partition coefficient (Wildman–Crippen LogP) is 0.182. The Hall–Kier alpha value is -1.28. The lowest BCUT2D eigenvalue weighted by atomic mass is 9.84. The number of hydrazine groups is 1. The van der Waals surface area contributed by atoms with Crippen molar-refractivity contribution in [2.75, 3.05) is 6.54 Å². The smallest absolute Gasteiger partial charge is 0.178 e. The van der Waals surface area contributed by atoms with Crippen LogP contribution in [0.4, 0.5) is 0 Å². The molecule has 1 fully saturated rings. The Morgan fingerprint density at radius 2 is 2.00 bits per heavy atom. The van der Waals surface area contributed by atoms with E-state index in [2.05, 4.69) is 39.9 Å². The summed E-state index contributed by atoms with van der Waals surface area (Å²) in [6.07, 6.45) is 7.55. The Morgan fingerprint density at radius 3 is 2.64 bits per heavy atom. The Labute approximate surface area is 130 Å². The highest BCUT2D eigenvalue weighted by atomic mass is 16.3. The van der Waals surface area contributed by atoms with Gasteiger partial charge in [0.2, 0.25) is 0 Å². The molecule has 0 saturated carbocycles. The first-order valence-electron chi connectivity index (χ1n) is 8.07. The van der Waals surface area contributed by atoms with Gasteiger partial charge < -0.3 is 15.6 Å². The number of amidine groups is 1. The molecule has 2 heterocycles. The highest BCUT2D eigenvalue weighted by molar-refractivity contribution is 5.83. The van der Waals surface area contributed by atoms with Gasteiger partial charge >= 0.3 is 0 Å². The summed E-state index contributed by atoms with van der Waals surface area (Å²) in [5, 5.41) is 21.0. The van der Waals surface area contributed by atoms with Crippen molar-refractivity contribution in [1.82, 2.24) is 15.8 Å². The van der Waals surface area contributed by atoms with E-state index >= 15 is 0 Å². The van der Waals surface area contributed by atoms with Crippen LogP contribution in [-0.2, 0) is 0 Å². The summed E-state index contributed by atoms with van der Waals surface area (Å²) in [5.74, 6) is 0.969. The minimum Gasteiger partial charge on any atom is -0.378 e. The molecule has 0 aromatic heterocycles. The number of aliphatic imine (C=N–C) groups is 2. The van der Waals surface area contributed by atoms with Crippen LogP contribution in [0.15, 0.2) is 22.1 Å². The molecule has 7 nitrogen and oxygen atoms in total. The molecule has 7 heteroatoms. The SMILES string of the molecule is CCC=NCCC1=NC(N2C(O)C3CC=CCC3C2O)NN1. The molecule has 1 aliphatic carbocycles. The highest BCUT2D eigenvalue weighted by Gasteiger charge is 2.50. The van der Waals surface area contributed by atoms with Crippen LogP contribution in [0.2, 0.25) is 0 Å². The first-order valence-corrected chi connectivity index (χ1v) is 8.07. The normalized spacial score (nSPS) is 38.3. The van der Waals surface area contributed by atoms with Crippen molar-refractivity contribution in [1.29, 1.82) is 0 Å². The lowest BCUT2D eigenvalue weighted by Crippen LogP contribution is -2.52. The number of nitrogens with one attached hydrogen (secondary N) is 2. The van der Waals surface area contributed by atoms with Crippen molar-refractivity contribution in [3.63, 3.8) is 0 Å². The van der Waals surface area contributed by atoms with Crippen LogP contribution in [0.3, 0.4) is 0 Å². The first-order chi connectivity index (χ1) is 10.7. The van der Waals surface area contributed by atoms with Crippen molar-refractivity contribution in [2.45, 2.75) is 51.4 Å². The second-order valence-electron chi connectivity index (χ2n) is 6.01. The molecule has 0 spiro atoms. The van der Waals surface area contributed by atoms with Crippen molar-refractivity contribution < 1.29 is 10.2 Å². The van der Waals surface area contributed by atoms with Gasteiger partial charge in [-0.15, -0.1) is 0 Å². The van der Waals surface area contributed by atoms with Gasteiger partial charge in [0, 0.05) is 24.8 Å². The van der Waals surface area contributed by atoms with Gasteiger partial charge in [-0.25, -0.2) is 9.89 Å². The summed E-state index contributed by atoms with van der Waals surface area (Å²) >= 11 is 0. The fraction of sp³-hybridized carbons (Fsp3) is 0.733. The number of nitrogens with zero attached hydrogens (tertiary/aromatic N) is 3. The van der Waals surface area contributed by atoms with Gasteiger partial charge in [0.1, 0.15) is 18.3 Å². The van der Waals surface area contributed by atoms with E-state index in [-0.39, 0.29) is 11.8 Å². The second kappa shape index (κ2) is 6.87. The van der Waals surface area contributed by atoms with Gasteiger partial charge in [-0.3, -0.25) is 4.99 Å². The summed E-state index contributed by atoms with van der Waals surface area (Å²) in [6.45, 7) is 2.74. The molecular weight excluding hydrogens is 282 g/mol. The molecule has 5 atom stereocenters. The zero-order chi connectivity index (χ0) is 15.5. The van der Waals surface area contributed by atoms with Gasteiger partial charge in [-0.1, -0.05) is 19.1 Å². The Bertz CT molecular complexity index is 459. The van der Waals surface area contributed by atoms with E-state index in [9.17, 15) is 10.2 Å². The summed E-state index contributed by atoms with van der Waals surface area (Å²) in [7, 11) is 0. The summed E-state index contributed by atoms with van der Waals surface area (Å²) < 4.78 is 0. The number of hydrogen-bond acceptors (Lipinski definition) is 7. The average molecular weight is 307 g/mol. The Kier molecular flexibility index (Phi) is 4.87. The molecule has 5 unspecified atom stereocenters. The van der Waals surface area contributed by atoms with E-state index in [4.69, 9.17) is 0 Å². The van der Waals surface area contributed by atoms with Gasteiger partial charge in [0.15, 0.2) is 6.29 Å². The third-order valence-corrected chi connectivity index (χ3v) is 4.61. The lowest BCUT2D eigenvalue weighted by Gasteiger charge is -2.28. The number of aliphatic hydroxyl groups excluding tert-OH is 2. The quantitative estimate of drug-likeness (QED) is 0.430. The second-order valence-corrected chi connectivity index (χ2v) is 6.01. The number of hydrogen-bond donors (Lipinski definition) is 4. The number of rotatable bonds is 5. The van der Waals surface area contributed by atoms with E-state index in [0.29, 0.717) is 13.0 Å². The highest BCUT2D eigenvalue weighted by Crippen LogP contribution is 2.41. The molecule has 2 aliphatic heterocycles. The number of fused-ring (bicyclic) bond motifs is 1. The van der Waals surface area contributed by atoms with Gasteiger partial charge in [0.05, 0.1) is 0 Å². The number of aliphatic hydroxyl groups is 2. The van der Waals surface area contributed by atoms with Crippen LogP contribution >= 0.6 is 0 Å². The van der Waals surface area contributed by atoms with Crippen molar-refractivity contribution >= 4 is 12.1 Å². The topological polar surface area (TPSA) is 92.5 Å². The summed E-state index contributed by atoms with van der Waals surface area (Å²) in [6, 6.07) is 0. The molecule has 3 rings (SSSR count). The molecule has 0 aromatic rings. The first kappa shape index (κ1) is 15.6. The fourth-order valence-electron chi connectivity index (χ4n) is 3.45. The zero-order valence-corrected chi connectivity index (χ0v) is 12.9. The molecule has 0 radical (unpaired) electrons. The molecule has 122 valence electrons. The molecule has 4 N–H and O–H groups in total. The van der Waals surface area contributed by atoms with Crippen molar-refractivity contribution in [3.8, 4) is 0 Å². The maximum absolute atomic E-state index is 10.5. The van der Waals surface area contributed by atoms with Crippen molar-refractivity contribution in [3.05, 3.63) is 12.2 Å². The van der Waals surface area contributed by atoms with Gasteiger partial charge in [-0.2, -0.15) is 5.43 Å². The summed E-state index contributed by atoms with van der Waals surface area (Å²) in [5.41, 5.74) is 6.07. The van der Waals surface area contributed by atoms with E-state index in [1.807, 2.05) is 6.21 Å². The molecule has 0 amide bonds. The summed E-state index contributed by atoms with van der Waals surface area (Å²) in [4.78, 5) is 10.5. The third kappa shape index (κ3) is 2.94. The number of likely N-dealkylation sites (tertiary alicyclic amines) is 1. The Morgan fingerprint density at radius 1 is 1.32 bits per heavy atom. The molecular formula is C15H25N5O2. The maximum atomic E-state index is 10.5. The molecule has 0 aromatic carbocycles. The van der Waals surface area contributed by atoms with E-state index in [0.717, 1.165) is 25.1 Å². The molecule has 22 heavy (non-hydrogen) atoms. The van der Waals surface area contributed by atoms with Crippen LogP contribution in [0.1, 0.15) is 32.6 Å². The fourth-order valence-corrected chi connectivity index (χ4v) is 3.45. The minimum absolute atomic E-state index is 0.0789. The molecule has 1 saturated heterocycles. The van der Waals surface area contributed by atoms with Crippen LogP contribution in [0.5, 0.6) is 0 Å². The standard InChI is InChI=1S/C15H25N5O2/c1-2-8-16-9-7-12-17-15(19-18-12)20-13(21)10-5-3-4-6-11(10)14(20)22/h3-4,8,10-11,13-15,19,21-22H,2,5-7,9H2,1H3,(H,17,18). The van der Waals surface area contributed by atoms with Crippen molar-refractivity contribution in [2.24, 2.45) is 21.8 Å². The zero-order valence-electron chi connectivity index (χ0n) is 12.9. The number of allylic oxidation sites excluding steroid dienone is 2. The molecule has 0 bridgehead atoms. The largest absolute Gasteiger partial charge is 0.378 e.